The van der Waals surface area contributed by atoms with Crippen LogP contribution in [0.15, 0.2) is 0 Å². The van der Waals surface area contributed by atoms with E-state index in [1.54, 1.807) is 0 Å². The predicted octanol–water partition coefficient (Wildman–Crippen LogP) is 6.36. The Bertz CT molecular complexity index is 377. The van der Waals surface area contributed by atoms with Gasteiger partial charge in [-0.1, -0.05) is 96.8 Å². The van der Waals surface area contributed by atoms with Gasteiger partial charge in [-0.15, -0.1) is 0 Å². The molecule has 25 heavy (non-hydrogen) atoms. The first-order valence-electron chi connectivity index (χ1n) is 9.66. The molecule has 0 aliphatic heterocycles. The molecule has 0 aromatic carbocycles. The molecule has 0 rings (SSSR count). The van der Waals surface area contributed by atoms with Gasteiger partial charge < -0.3 is 5.11 Å². The quantitative estimate of drug-likeness (QED) is 0.178. The van der Waals surface area contributed by atoms with E-state index in [2.05, 4.69) is 17.6 Å². The van der Waals surface area contributed by atoms with Gasteiger partial charge in [0.05, 0.1) is 0 Å². The zero-order valence-corrected chi connectivity index (χ0v) is 17.3. The summed E-state index contributed by atoms with van der Waals surface area (Å²) in [5.41, 5.74) is 0. The van der Waals surface area contributed by atoms with Crippen molar-refractivity contribution in [2.24, 2.45) is 0 Å². The van der Waals surface area contributed by atoms with E-state index in [9.17, 15) is 4.79 Å². The van der Waals surface area contributed by atoms with Crippen LogP contribution in [0, 0.1) is 0 Å². The second-order valence-electron chi connectivity index (χ2n) is 6.51. The van der Waals surface area contributed by atoms with Crippen molar-refractivity contribution in [3.05, 3.63) is 0 Å². The molecule has 152 valence electrons. The van der Waals surface area contributed by atoms with Crippen molar-refractivity contribution in [2.75, 3.05) is 0 Å². The van der Waals surface area contributed by atoms with E-state index < -0.39 is 15.3 Å². The van der Waals surface area contributed by atoms with Crippen LogP contribution in [0.1, 0.15) is 110 Å². The van der Waals surface area contributed by atoms with Crippen LogP contribution in [0.3, 0.4) is 0 Å². The summed E-state index contributed by atoms with van der Waals surface area (Å²) in [7, 11) is -0.137. The molecular formula is C18H37ClO5S. The average molecular weight is 401 g/mol. The molecule has 2 N–H and O–H groups in total. The summed E-state index contributed by atoms with van der Waals surface area (Å²) in [6, 6.07) is 0. The maximum atomic E-state index is 10.3. The fourth-order valence-corrected chi connectivity index (χ4v) is 2.65. The number of halogens is 1. The van der Waals surface area contributed by atoms with Gasteiger partial charge >= 0.3 is 15.3 Å². The van der Waals surface area contributed by atoms with E-state index in [0.29, 0.717) is 6.42 Å². The van der Waals surface area contributed by atoms with Crippen LogP contribution in [0.25, 0.3) is 0 Å². The zero-order chi connectivity index (χ0) is 19.4. The summed E-state index contributed by atoms with van der Waals surface area (Å²) < 4.78 is 25.2. The molecule has 0 bridgehead atoms. The number of hydrogen-bond acceptors (Lipinski definition) is 3. The third-order valence-electron chi connectivity index (χ3n) is 3.99. The van der Waals surface area contributed by atoms with Crippen molar-refractivity contribution in [1.82, 2.24) is 0 Å². The van der Waals surface area contributed by atoms with Gasteiger partial charge in [0.2, 0.25) is 0 Å². The van der Waals surface area contributed by atoms with E-state index in [1.165, 1.54) is 83.5 Å². The highest BCUT2D eigenvalue weighted by molar-refractivity contribution is 8.09. The highest BCUT2D eigenvalue weighted by atomic mass is 35.7. The van der Waals surface area contributed by atoms with Crippen molar-refractivity contribution in [3.8, 4) is 0 Å². The molecule has 0 fully saturated rings. The number of hydrogen-bond donors (Lipinski definition) is 2. The Kier molecular flexibility index (Phi) is 21.5. The fourth-order valence-electron chi connectivity index (χ4n) is 2.65. The van der Waals surface area contributed by atoms with Crippen LogP contribution in [0.2, 0.25) is 0 Å². The molecule has 5 nitrogen and oxygen atoms in total. The Labute approximate surface area is 158 Å². The molecule has 0 saturated heterocycles. The molecule has 0 heterocycles. The van der Waals surface area contributed by atoms with E-state index in [0.717, 1.165) is 12.8 Å². The molecule has 0 spiro atoms. The minimum Gasteiger partial charge on any atom is -0.481 e. The van der Waals surface area contributed by atoms with Gasteiger partial charge in [0.15, 0.2) is 0 Å². The Hall–Kier alpha value is -0.330. The van der Waals surface area contributed by atoms with Gasteiger partial charge in [-0.2, -0.15) is 8.42 Å². The monoisotopic (exact) mass is 400 g/mol. The largest absolute Gasteiger partial charge is 0.481 e. The first-order valence-corrected chi connectivity index (χ1v) is 11.9. The normalized spacial score (nSPS) is 11.0. The molecule has 0 aromatic heterocycles. The van der Waals surface area contributed by atoms with Crippen molar-refractivity contribution in [1.29, 1.82) is 0 Å². The summed E-state index contributed by atoms with van der Waals surface area (Å²) in [5, 5.41) is 8.52. The minimum absolute atomic E-state index is 0.345. The third kappa shape index (κ3) is 40.0. The van der Waals surface area contributed by atoms with E-state index in [4.69, 9.17) is 18.1 Å². The van der Waals surface area contributed by atoms with Crippen LogP contribution < -0.4 is 0 Å². The molecule has 0 aromatic rings. The van der Waals surface area contributed by atoms with Crippen molar-refractivity contribution < 1.29 is 22.9 Å². The van der Waals surface area contributed by atoms with Crippen molar-refractivity contribution in [2.45, 2.75) is 110 Å². The summed E-state index contributed by atoms with van der Waals surface area (Å²) in [6.07, 6.45) is 20.2. The second-order valence-corrected chi connectivity index (χ2v) is 8.50. The molecule has 0 aliphatic carbocycles. The summed E-state index contributed by atoms with van der Waals surface area (Å²) in [6.45, 7) is 2.27. The second kappa shape index (κ2) is 20.0. The van der Waals surface area contributed by atoms with E-state index >= 15 is 0 Å². The SMILES string of the molecule is CCCCCCCCCCCCCCCCCC(=O)O.O=S(=O)(O)Cl. The lowest BCUT2D eigenvalue weighted by molar-refractivity contribution is -0.137. The topological polar surface area (TPSA) is 91.7 Å². The van der Waals surface area contributed by atoms with Gasteiger partial charge in [-0.3, -0.25) is 9.35 Å². The smallest absolute Gasteiger partial charge is 0.353 e. The number of unbranched alkanes of at least 4 members (excludes halogenated alkanes) is 14. The van der Waals surface area contributed by atoms with Crippen LogP contribution in [0.4, 0.5) is 0 Å². The van der Waals surface area contributed by atoms with Crippen LogP contribution >= 0.6 is 10.7 Å². The van der Waals surface area contributed by atoms with Gasteiger partial charge in [-0.05, 0) is 6.42 Å². The molecule has 0 atom stereocenters. The molecule has 0 amide bonds. The molecule has 0 aliphatic rings. The maximum Gasteiger partial charge on any atom is 0.353 e. The Morgan fingerprint density at radius 2 is 0.960 bits per heavy atom. The minimum atomic E-state index is -4.19. The van der Waals surface area contributed by atoms with E-state index in [-0.39, 0.29) is 0 Å². The van der Waals surface area contributed by atoms with Gasteiger partial charge in [-0.25, -0.2) is 0 Å². The maximum absolute atomic E-state index is 10.3. The van der Waals surface area contributed by atoms with Crippen molar-refractivity contribution in [3.63, 3.8) is 0 Å². The lowest BCUT2D eigenvalue weighted by Crippen LogP contribution is -1.93. The number of rotatable bonds is 16. The van der Waals surface area contributed by atoms with Crippen LogP contribution in [-0.4, -0.2) is 24.0 Å². The number of carboxylic acid groups (broad SMARTS) is 1. The Morgan fingerprint density at radius 3 is 1.20 bits per heavy atom. The number of aliphatic carboxylic acids is 1. The number of carbonyl (C=O) groups is 1. The lowest BCUT2D eigenvalue weighted by Gasteiger charge is -2.03. The van der Waals surface area contributed by atoms with Crippen LogP contribution in [-0.2, 0) is 14.1 Å². The molecule has 7 heteroatoms. The van der Waals surface area contributed by atoms with Crippen LogP contribution in [0.5, 0.6) is 0 Å². The first-order chi connectivity index (χ1) is 11.8. The lowest BCUT2D eigenvalue weighted by atomic mass is 10.0. The fraction of sp³-hybridized carbons (Fsp3) is 0.944. The zero-order valence-electron chi connectivity index (χ0n) is 15.7. The van der Waals surface area contributed by atoms with Gasteiger partial charge in [0.25, 0.3) is 0 Å². The molecule has 0 saturated carbocycles. The van der Waals surface area contributed by atoms with Crippen molar-refractivity contribution >= 4 is 26.0 Å². The average Bonchev–Trinajstić information content (AvgIpc) is 2.49. The highest BCUT2D eigenvalue weighted by Gasteiger charge is 1.97. The summed E-state index contributed by atoms with van der Waals surface area (Å²) in [4.78, 5) is 10.3. The number of carboxylic acids is 1. The third-order valence-corrected chi connectivity index (χ3v) is 3.99. The van der Waals surface area contributed by atoms with Gasteiger partial charge in [0.1, 0.15) is 0 Å². The highest BCUT2D eigenvalue weighted by Crippen LogP contribution is 2.13. The standard InChI is InChI=1S/C18H36O2.ClHO3S/c1-2-3-4-5-6-7-8-9-10-11-12-13-14-15-16-17-18(19)20;1-5(2,3)4/h2-17H2,1H3,(H,19,20);(H,2,3,4). The predicted molar refractivity (Wildman–Crippen MR) is 105 cm³/mol. The molecule has 0 radical (unpaired) electrons. The van der Waals surface area contributed by atoms with Gasteiger partial charge in [0, 0.05) is 17.1 Å². The molecular weight excluding hydrogens is 364 g/mol. The molecule has 0 unspecified atom stereocenters. The van der Waals surface area contributed by atoms with E-state index in [1.807, 2.05) is 0 Å². The Morgan fingerprint density at radius 1 is 0.720 bits per heavy atom. The summed E-state index contributed by atoms with van der Waals surface area (Å²) in [5.74, 6) is -0.653. The Balaban J connectivity index is 0. The first kappa shape index (κ1) is 26.9. The summed E-state index contributed by atoms with van der Waals surface area (Å²) >= 11 is 0.